The van der Waals surface area contributed by atoms with Crippen molar-refractivity contribution in [2.75, 3.05) is 20.1 Å². The van der Waals surface area contributed by atoms with E-state index in [0.717, 1.165) is 24.5 Å². The zero-order valence-electron chi connectivity index (χ0n) is 10.5. The van der Waals surface area contributed by atoms with Gasteiger partial charge >= 0.3 is 0 Å². The van der Waals surface area contributed by atoms with E-state index in [1.54, 1.807) is 4.68 Å². The van der Waals surface area contributed by atoms with E-state index in [9.17, 15) is 0 Å². The first kappa shape index (κ1) is 12.7. The van der Waals surface area contributed by atoms with Gasteiger partial charge < -0.3 is 5.73 Å². The summed E-state index contributed by atoms with van der Waals surface area (Å²) in [5.41, 5.74) is 6.48. The summed E-state index contributed by atoms with van der Waals surface area (Å²) in [5, 5.41) is 11.8. The molecule has 0 radical (unpaired) electrons. The second-order valence-electron chi connectivity index (χ2n) is 4.22. The molecule has 2 rings (SSSR count). The molecule has 6 heteroatoms. The lowest BCUT2D eigenvalue weighted by Gasteiger charge is -2.15. The monoisotopic (exact) mass is 246 g/mol. The summed E-state index contributed by atoms with van der Waals surface area (Å²) in [6.45, 7) is 2.36. The third-order valence-corrected chi connectivity index (χ3v) is 2.69. The number of hydrogen-bond acceptors (Lipinski definition) is 5. The molecule has 2 N–H and O–H groups in total. The predicted molar refractivity (Wildman–Crippen MR) is 69.2 cm³/mol. The average Bonchev–Trinajstić information content (AvgIpc) is 2.85. The molecule has 0 aliphatic heterocycles. The third kappa shape index (κ3) is 3.12. The number of para-hydroxylation sites is 1. The fourth-order valence-corrected chi connectivity index (χ4v) is 1.76. The van der Waals surface area contributed by atoms with Gasteiger partial charge in [-0.25, -0.2) is 0 Å². The maximum Gasteiger partial charge on any atom is 0.170 e. The highest BCUT2D eigenvalue weighted by Crippen LogP contribution is 2.08. The van der Waals surface area contributed by atoms with E-state index in [1.165, 1.54) is 0 Å². The van der Waals surface area contributed by atoms with Gasteiger partial charge in [0.1, 0.15) is 0 Å². The molecule has 2 aromatic rings. The van der Waals surface area contributed by atoms with Crippen molar-refractivity contribution in [3.05, 3.63) is 36.2 Å². The molecule has 0 saturated heterocycles. The second kappa shape index (κ2) is 6.23. The van der Waals surface area contributed by atoms with Gasteiger partial charge in [0, 0.05) is 0 Å². The number of nitrogens with two attached hydrogens (primary N) is 1. The van der Waals surface area contributed by atoms with Gasteiger partial charge in [0.25, 0.3) is 0 Å². The molecule has 1 heterocycles. The van der Waals surface area contributed by atoms with Crippen LogP contribution < -0.4 is 5.73 Å². The minimum absolute atomic E-state index is 0.702. The summed E-state index contributed by atoms with van der Waals surface area (Å²) < 4.78 is 1.76. The maximum absolute atomic E-state index is 5.50. The molecule has 0 bridgehead atoms. The van der Waals surface area contributed by atoms with E-state index >= 15 is 0 Å². The van der Waals surface area contributed by atoms with Crippen molar-refractivity contribution >= 4 is 0 Å². The average molecular weight is 246 g/mol. The van der Waals surface area contributed by atoms with Crippen LogP contribution in [0.15, 0.2) is 30.3 Å². The molecule has 0 spiro atoms. The largest absolute Gasteiger partial charge is 0.330 e. The van der Waals surface area contributed by atoms with Gasteiger partial charge in [-0.3, -0.25) is 4.90 Å². The Bertz CT molecular complexity index is 466. The molecule has 0 saturated carbocycles. The molecule has 0 atom stereocenters. The Kier molecular flexibility index (Phi) is 4.38. The van der Waals surface area contributed by atoms with Crippen LogP contribution >= 0.6 is 0 Å². The Morgan fingerprint density at radius 3 is 2.78 bits per heavy atom. The zero-order valence-corrected chi connectivity index (χ0v) is 10.5. The lowest BCUT2D eigenvalue weighted by atomic mass is 10.3. The Morgan fingerprint density at radius 1 is 1.28 bits per heavy atom. The molecular formula is C12H18N6. The number of rotatable bonds is 6. The van der Waals surface area contributed by atoms with Gasteiger partial charge in [0.05, 0.1) is 12.2 Å². The topological polar surface area (TPSA) is 72.9 Å². The van der Waals surface area contributed by atoms with E-state index in [0.29, 0.717) is 13.1 Å². The number of nitrogens with zero attached hydrogens (tertiary/aromatic N) is 5. The van der Waals surface area contributed by atoms with E-state index < -0.39 is 0 Å². The lowest BCUT2D eigenvalue weighted by molar-refractivity contribution is 0.313. The summed E-state index contributed by atoms with van der Waals surface area (Å²) in [7, 11) is 2.04. The smallest absolute Gasteiger partial charge is 0.170 e. The molecule has 0 fully saturated rings. The second-order valence-corrected chi connectivity index (χ2v) is 4.22. The van der Waals surface area contributed by atoms with Gasteiger partial charge in [-0.05, 0) is 49.1 Å². The number of hydrogen-bond donors (Lipinski definition) is 1. The van der Waals surface area contributed by atoms with Gasteiger partial charge in [-0.2, -0.15) is 4.68 Å². The summed E-state index contributed by atoms with van der Waals surface area (Å²) in [6.07, 6.45) is 0.976. The predicted octanol–water partition coefficient (Wildman–Crippen LogP) is 0.443. The minimum atomic E-state index is 0.702. The molecule has 6 nitrogen and oxygen atoms in total. The maximum atomic E-state index is 5.50. The normalized spacial score (nSPS) is 11.1. The van der Waals surface area contributed by atoms with Crippen LogP contribution in [0.25, 0.3) is 5.69 Å². The fourth-order valence-electron chi connectivity index (χ4n) is 1.76. The van der Waals surface area contributed by atoms with E-state index in [-0.39, 0.29) is 0 Å². The lowest BCUT2D eigenvalue weighted by Crippen LogP contribution is -2.23. The molecule has 0 aliphatic carbocycles. The zero-order chi connectivity index (χ0) is 12.8. The molecule has 0 unspecified atom stereocenters. The Morgan fingerprint density at radius 2 is 2.06 bits per heavy atom. The Hall–Kier alpha value is -1.79. The van der Waals surface area contributed by atoms with Crippen LogP contribution in [0, 0.1) is 0 Å². The number of aromatic nitrogens is 4. The van der Waals surface area contributed by atoms with Crippen LogP contribution in [0.4, 0.5) is 0 Å². The summed E-state index contributed by atoms with van der Waals surface area (Å²) in [4.78, 5) is 2.16. The summed E-state index contributed by atoms with van der Waals surface area (Å²) in [5.74, 6) is 0.834. The van der Waals surface area contributed by atoms with Crippen LogP contribution in [0.3, 0.4) is 0 Å². The van der Waals surface area contributed by atoms with Crippen molar-refractivity contribution in [2.45, 2.75) is 13.0 Å². The molecule has 18 heavy (non-hydrogen) atoms. The van der Waals surface area contributed by atoms with E-state index in [4.69, 9.17) is 5.73 Å². The number of tetrazole rings is 1. The highest BCUT2D eigenvalue weighted by molar-refractivity contribution is 5.30. The van der Waals surface area contributed by atoms with Crippen molar-refractivity contribution in [3.8, 4) is 5.69 Å². The van der Waals surface area contributed by atoms with Crippen LogP contribution in [0.2, 0.25) is 0 Å². The standard InChI is InChI=1S/C12H18N6/c1-17(9-5-8-13)10-12-14-15-16-18(12)11-6-3-2-4-7-11/h2-4,6-7H,5,8-10,13H2,1H3. The first-order valence-electron chi connectivity index (χ1n) is 6.02. The molecular weight excluding hydrogens is 228 g/mol. The Balaban J connectivity index is 2.09. The van der Waals surface area contributed by atoms with Crippen molar-refractivity contribution in [1.29, 1.82) is 0 Å². The molecule has 1 aromatic heterocycles. The fraction of sp³-hybridized carbons (Fsp3) is 0.417. The molecule has 0 aliphatic rings. The van der Waals surface area contributed by atoms with Crippen molar-refractivity contribution in [2.24, 2.45) is 5.73 Å². The molecule has 1 aromatic carbocycles. The van der Waals surface area contributed by atoms with E-state index in [2.05, 4.69) is 20.4 Å². The van der Waals surface area contributed by atoms with Gasteiger partial charge in [-0.1, -0.05) is 18.2 Å². The highest BCUT2D eigenvalue weighted by Gasteiger charge is 2.10. The van der Waals surface area contributed by atoms with Gasteiger partial charge in [0.2, 0.25) is 0 Å². The van der Waals surface area contributed by atoms with Crippen LogP contribution in [0.5, 0.6) is 0 Å². The first-order chi connectivity index (χ1) is 8.81. The van der Waals surface area contributed by atoms with Crippen molar-refractivity contribution < 1.29 is 0 Å². The SMILES string of the molecule is CN(CCCN)Cc1nnnn1-c1ccccc1. The first-order valence-corrected chi connectivity index (χ1v) is 6.02. The van der Waals surface area contributed by atoms with Crippen molar-refractivity contribution in [3.63, 3.8) is 0 Å². The number of benzene rings is 1. The highest BCUT2D eigenvalue weighted by atomic mass is 15.5. The Labute approximate surface area is 106 Å². The van der Waals surface area contributed by atoms with Crippen LogP contribution in [-0.2, 0) is 6.54 Å². The quantitative estimate of drug-likeness (QED) is 0.800. The summed E-state index contributed by atoms with van der Waals surface area (Å²) in [6, 6.07) is 9.89. The molecule has 0 amide bonds. The van der Waals surface area contributed by atoms with Gasteiger partial charge in [-0.15, -0.1) is 5.10 Å². The van der Waals surface area contributed by atoms with Gasteiger partial charge in [0.15, 0.2) is 5.82 Å². The summed E-state index contributed by atoms with van der Waals surface area (Å²) >= 11 is 0. The van der Waals surface area contributed by atoms with E-state index in [1.807, 2.05) is 37.4 Å². The van der Waals surface area contributed by atoms with Crippen LogP contribution in [-0.4, -0.2) is 45.2 Å². The minimum Gasteiger partial charge on any atom is -0.330 e. The van der Waals surface area contributed by atoms with Crippen molar-refractivity contribution in [1.82, 2.24) is 25.1 Å². The third-order valence-electron chi connectivity index (χ3n) is 2.69. The molecule has 96 valence electrons. The van der Waals surface area contributed by atoms with Crippen LogP contribution in [0.1, 0.15) is 12.2 Å².